The van der Waals surface area contributed by atoms with Gasteiger partial charge in [0.2, 0.25) is 5.56 Å². The van der Waals surface area contributed by atoms with Gasteiger partial charge in [-0.2, -0.15) is 13.2 Å². The quantitative estimate of drug-likeness (QED) is 0.818. The van der Waals surface area contributed by atoms with Crippen LogP contribution in [-0.2, 0) is 6.18 Å². The molecule has 0 aliphatic carbocycles. The lowest BCUT2D eigenvalue weighted by Gasteiger charge is -2.44. The van der Waals surface area contributed by atoms with Crippen LogP contribution in [0, 0.1) is 0 Å². The second-order valence-corrected chi connectivity index (χ2v) is 7.44. The van der Waals surface area contributed by atoms with Gasteiger partial charge < -0.3 is 15.6 Å². The number of likely N-dealkylation sites (N-methyl/N-ethyl adjacent to an activating group) is 1. The summed E-state index contributed by atoms with van der Waals surface area (Å²) in [6, 6.07) is 7.55. The van der Waals surface area contributed by atoms with E-state index >= 15 is 0 Å². The van der Waals surface area contributed by atoms with Crippen LogP contribution >= 0.6 is 0 Å². The van der Waals surface area contributed by atoms with Gasteiger partial charge >= 0.3 is 6.18 Å². The van der Waals surface area contributed by atoms with Crippen LogP contribution in [0.5, 0.6) is 0 Å². The molecule has 3 rings (SSSR count). The number of alkyl halides is 3. The SMILES string of the molecule is C[C@@H]1CN(c2ccccc2-c2[nH]c(=O)cc(C(F)(F)F)c2C(N)=O)C[C@H](C)N1C. The van der Waals surface area contributed by atoms with Gasteiger partial charge in [0.25, 0.3) is 5.91 Å². The zero-order valence-electron chi connectivity index (χ0n) is 16.4. The highest BCUT2D eigenvalue weighted by molar-refractivity contribution is 6.01. The van der Waals surface area contributed by atoms with Crippen LogP contribution in [0.3, 0.4) is 0 Å². The maximum Gasteiger partial charge on any atom is 0.417 e. The van der Waals surface area contributed by atoms with E-state index < -0.39 is 28.8 Å². The van der Waals surface area contributed by atoms with Crippen molar-refractivity contribution < 1.29 is 18.0 Å². The predicted octanol–water partition coefficient (Wildman–Crippen LogP) is 2.69. The van der Waals surface area contributed by atoms with Crippen LogP contribution in [-0.4, -0.2) is 48.0 Å². The number of nitrogens with zero attached hydrogens (tertiary/aromatic N) is 2. The summed E-state index contributed by atoms with van der Waals surface area (Å²) in [6.45, 7) is 5.42. The van der Waals surface area contributed by atoms with Gasteiger partial charge in [-0.1, -0.05) is 18.2 Å². The third kappa shape index (κ3) is 4.00. The lowest BCUT2D eigenvalue weighted by atomic mass is 9.97. The molecule has 29 heavy (non-hydrogen) atoms. The number of hydrogen-bond acceptors (Lipinski definition) is 4. The number of carbonyl (C=O) groups excluding carboxylic acids is 1. The van der Waals surface area contributed by atoms with Crippen molar-refractivity contribution in [2.45, 2.75) is 32.1 Å². The van der Waals surface area contributed by atoms with Gasteiger partial charge in [-0.25, -0.2) is 0 Å². The van der Waals surface area contributed by atoms with Gasteiger partial charge in [0, 0.05) is 42.5 Å². The molecule has 9 heteroatoms. The van der Waals surface area contributed by atoms with E-state index in [4.69, 9.17) is 5.73 Å². The number of benzene rings is 1. The molecule has 156 valence electrons. The van der Waals surface area contributed by atoms with E-state index in [1.807, 2.05) is 11.9 Å². The van der Waals surface area contributed by atoms with E-state index in [0.29, 0.717) is 30.4 Å². The monoisotopic (exact) mass is 408 g/mol. The number of carbonyl (C=O) groups is 1. The highest BCUT2D eigenvalue weighted by Crippen LogP contribution is 2.38. The van der Waals surface area contributed by atoms with Crippen molar-refractivity contribution in [3.05, 3.63) is 51.8 Å². The van der Waals surface area contributed by atoms with Gasteiger partial charge in [-0.3, -0.25) is 14.5 Å². The van der Waals surface area contributed by atoms with Crippen molar-refractivity contribution in [3.8, 4) is 11.3 Å². The predicted molar refractivity (Wildman–Crippen MR) is 105 cm³/mol. The molecule has 2 aromatic rings. The zero-order chi connectivity index (χ0) is 21.5. The first-order valence-corrected chi connectivity index (χ1v) is 9.21. The summed E-state index contributed by atoms with van der Waals surface area (Å²) in [6.07, 6.45) is -4.89. The molecule has 1 aromatic heterocycles. The molecule has 0 saturated carbocycles. The fraction of sp³-hybridized carbons (Fsp3) is 0.400. The molecule has 0 radical (unpaired) electrons. The lowest BCUT2D eigenvalue weighted by Crippen LogP contribution is -2.55. The number of H-pyrrole nitrogens is 1. The van der Waals surface area contributed by atoms with Crippen LogP contribution in [0.4, 0.5) is 18.9 Å². The third-order valence-electron chi connectivity index (χ3n) is 5.47. The van der Waals surface area contributed by atoms with Crippen LogP contribution in [0.25, 0.3) is 11.3 Å². The summed E-state index contributed by atoms with van der Waals surface area (Å²) in [5.41, 5.74) is 3.03. The molecule has 1 aromatic carbocycles. The average Bonchev–Trinajstić information content (AvgIpc) is 2.64. The summed E-state index contributed by atoms with van der Waals surface area (Å²) >= 11 is 0. The second-order valence-electron chi connectivity index (χ2n) is 7.44. The Labute approximate surface area is 166 Å². The van der Waals surface area contributed by atoms with E-state index in [1.54, 1.807) is 24.3 Å². The smallest absolute Gasteiger partial charge is 0.368 e. The molecule has 1 aliphatic heterocycles. The number of aromatic nitrogens is 1. The maximum atomic E-state index is 13.5. The number of rotatable bonds is 3. The van der Waals surface area contributed by atoms with E-state index in [2.05, 4.69) is 23.7 Å². The number of nitrogens with one attached hydrogen (secondary N) is 1. The average molecular weight is 408 g/mol. The molecule has 0 unspecified atom stereocenters. The van der Waals surface area contributed by atoms with Crippen LogP contribution < -0.4 is 16.2 Å². The minimum Gasteiger partial charge on any atom is -0.368 e. The molecule has 1 saturated heterocycles. The number of halogens is 3. The first-order valence-electron chi connectivity index (χ1n) is 9.21. The summed E-state index contributed by atoms with van der Waals surface area (Å²) in [5, 5.41) is 0. The second kappa shape index (κ2) is 7.55. The van der Waals surface area contributed by atoms with Gasteiger partial charge in [-0.05, 0) is 27.0 Å². The van der Waals surface area contributed by atoms with Crippen molar-refractivity contribution >= 4 is 11.6 Å². The van der Waals surface area contributed by atoms with Crippen molar-refractivity contribution in [3.63, 3.8) is 0 Å². The fourth-order valence-electron chi connectivity index (χ4n) is 3.80. The Morgan fingerprint density at radius 3 is 2.31 bits per heavy atom. The molecule has 2 heterocycles. The first-order chi connectivity index (χ1) is 13.5. The lowest BCUT2D eigenvalue weighted by molar-refractivity contribution is -0.138. The normalized spacial score (nSPS) is 20.7. The Morgan fingerprint density at radius 1 is 1.17 bits per heavy atom. The van der Waals surface area contributed by atoms with E-state index in [-0.39, 0.29) is 17.8 Å². The Hall–Kier alpha value is -2.81. The Kier molecular flexibility index (Phi) is 5.44. The molecule has 1 fully saturated rings. The summed E-state index contributed by atoms with van der Waals surface area (Å²) < 4.78 is 40.5. The van der Waals surface area contributed by atoms with E-state index in [0.717, 1.165) is 0 Å². The maximum absolute atomic E-state index is 13.5. The first kappa shape index (κ1) is 20.9. The van der Waals surface area contributed by atoms with Gasteiger partial charge in [0.05, 0.1) is 16.8 Å². The van der Waals surface area contributed by atoms with Crippen molar-refractivity contribution in [1.29, 1.82) is 0 Å². The molecule has 0 bridgehead atoms. The molecule has 0 spiro atoms. The van der Waals surface area contributed by atoms with Gasteiger partial charge in [-0.15, -0.1) is 0 Å². The van der Waals surface area contributed by atoms with Crippen molar-refractivity contribution in [2.75, 3.05) is 25.0 Å². The Balaban J connectivity index is 2.22. The van der Waals surface area contributed by atoms with Crippen LogP contribution in [0.2, 0.25) is 0 Å². The summed E-state index contributed by atoms with van der Waals surface area (Å²) in [7, 11) is 2.02. The van der Waals surface area contributed by atoms with Crippen molar-refractivity contribution in [2.24, 2.45) is 5.73 Å². The standard InChI is InChI=1S/C20H23F3N4O2/c1-11-9-27(10-12(2)26(11)3)15-7-5-4-6-13(15)18-17(19(24)29)14(20(21,22)23)8-16(28)25-18/h4-8,11-12H,9-10H2,1-3H3,(H2,24,29)(H,25,28)/t11-,12+. The van der Waals surface area contributed by atoms with Gasteiger partial charge in [0.15, 0.2) is 0 Å². The molecular weight excluding hydrogens is 385 g/mol. The number of nitrogens with two attached hydrogens (primary N) is 1. The van der Waals surface area contributed by atoms with E-state index in [1.165, 1.54) is 0 Å². The zero-order valence-corrected chi connectivity index (χ0v) is 16.4. The number of piperazine rings is 1. The number of amides is 1. The molecule has 1 aliphatic rings. The van der Waals surface area contributed by atoms with E-state index in [9.17, 15) is 22.8 Å². The van der Waals surface area contributed by atoms with Crippen LogP contribution in [0.15, 0.2) is 35.1 Å². The Morgan fingerprint density at radius 2 is 1.76 bits per heavy atom. The minimum absolute atomic E-state index is 0.211. The molecule has 1 amide bonds. The minimum atomic E-state index is -4.89. The molecule has 3 N–H and O–H groups in total. The number of primary amides is 1. The third-order valence-corrected chi connectivity index (χ3v) is 5.47. The number of pyridine rings is 1. The Bertz CT molecular complexity index is 974. The topological polar surface area (TPSA) is 82.4 Å². The number of hydrogen-bond donors (Lipinski definition) is 2. The molecular formula is C20H23F3N4O2. The van der Waals surface area contributed by atoms with Crippen LogP contribution in [0.1, 0.15) is 29.8 Å². The largest absolute Gasteiger partial charge is 0.417 e. The fourth-order valence-corrected chi connectivity index (χ4v) is 3.80. The van der Waals surface area contributed by atoms with Gasteiger partial charge in [0.1, 0.15) is 0 Å². The molecule has 6 nitrogen and oxygen atoms in total. The number of aromatic amines is 1. The highest BCUT2D eigenvalue weighted by Gasteiger charge is 2.38. The van der Waals surface area contributed by atoms with Crippen molar-refractivity contribution in [1.82, 2.24) is 9.88 Å². The molecule has 2 atom stereocenters. The number of anilines is 1. The summed E-state index contributed by atoms with van der Waals surface area (Å²) in [5.74, 6) is -1.25. The summed E-state index contributed by atoms with van der Waals surface area (Å²) in [4.78, 5) is 30.7. The number of para-hydroxylation sites is 1. The highest BCUT2D eigenvalue weighted by atomic mass is 19.4.